The van der Waals surface area contributed by atoms with Gasteiger partial charge < -0.3 is 9.88 Å². The number of imidazole rings is 1. The summed E-state index contributed by atoms with van der Waals surface area (Å²) in [4.78, 5) is 13.7. The monoisotopic (exact) mass is 307 g/mol. The van der Waals surface area contributed by atoms with Crippen molar-refractivity contribution in [3.63, 3.8) is 0 Å². The van der Waals surface area contributed by atoms with Crippen LogP contribution < -0.4 is 5.32 Å². The fourth-order valence-corrected chi connectivity index (χ4v) is 3.41. The second-order valence-corrected chi connectivity index (χ2v) is 6.38. The van der Waals surface area contributed by atoms with Crippen LogP contribution in [-0.2, 0) is 7.05 Å². The lowest BCUT2D eigenvalue weighted by Crippen LogP contribution is -2.15. The van der Waals surface area contributed by atoms with Gasteiger partial charge in [0.1, 0.15) is 12.2 Å². The Bertz CT molecular complexity index is 846. The number of benzene rings is 1. The van der Waals surface area contributed by atoms with Crippen LogP contribution in [0.2, 0.25) is 0 Å². The lowest BCUT2D eigenvalue weighted by atomic mass is 10.1. The fourth-order valence-electron chi connectivity index (χ4n) is 3.41. The van der Waals surface area contributed by atoms with Gasteiger partial charge in [0.05, 0.1) is 0 Å². The third-order valence-electron chi connectivity index (χ3n) is 4.63. The maximum Gasteiger partial charge on any atom is 0.165 e. The Balaban J connectivity index is 1.80. The van der Waals surface area contributed by atoms with Crippen LogP contribution in [0.4, 0.5) is 5.82 Å². The van der Waals surface area contributed by atoms with Gasteiger partial charge in [-0.05, 0) is 25.8 Å². The van der Waals surface area contributed by atoms with Crippen LogP contribution in [-0.4, -0.2) is 25.6 Å². The maximum atomic E-state index is 4.84. The minimum atomic E-state index is 0.512. The first kappa shape index (κ1) is 14.2. The van der Waals surface area contributed by atoms with E-state index in [-0.39, 0.29) is 0 Å². The number of hydrogen-bond donors (Lipinski definition) is 1. The van der Waals surface area contributed by atoms with Crippen LogP contribution in [0, 0.1) is 6.92 Å². The van der Waals surface area contributed by atoms with Gasteiger partial charge in [0.2, 0.25) is 0 Å². The molecule has 2 heterocycles. The summed E-state index contributed by atoms with van der Waals surface area (Å²) in [5, 5.41) is 3.56. The molecule has 1 saturated carbocycles. The summed E-state index contributed by atoms with van der Waals surface area (Å²) in [6.07, 6.45) is 6.64. The van der Waals surface area contributed by atoms with E-state index in [9.17, 15) is 0 Å². The number of nitrogens with one attached hydrogen (secondary N) is 1. The lowest BCUT2D eigenvalue weighted by molar-refractivity contribution is 0.751. The predicted molar refractivity (Wildman–Crippen MR) is 92.4 cm³/mol. The van der Waals surface area contributed by atoms with E-state index in [1.165, 1.54) is 31.2 Å². The van der Waals surface area contributed by atoms with Crippen molar-refractivity contribution in [1.29, 1.82) is 0 Å². The third kappa shape index (κ3) is 2.56. The summed E-state index contributed by atoms with van der Waals surface area (Å²) in [5.41, 5.74) is 4.07. The van der Waals surface area contributed by atoms with Crippen LogP contribution in [0.3, 0.4) is 0 Å². The average Bonchev–Trinajstić information content (AvgIpc) is 3.17. The molecule has 23 heavy (non-hydrogen) atoms. The number of nitrogens with zero attached hydrogens (tertiary/aromatic N) is 4. The molecular formula is C18H21N5. The van der Waals surface area contributed by atoms with Gasteiger partial charge >= 0.3 is 0 Å². The average molecular weight is 307 g/mol. The normalized spacial score (nSPS) is 15.4. The van der Waals surface area contributed by atoms with Gasteiger partial charge in [0.25, 0.3) is 0 Å². The Morgan fingerprint density at radius 1 is 1.17 bits per heavy atom. The van der Waals surface area contributed by atoms with E-state index in [0.717, 1.165) is 28.4 Å². The van der Waals surface area contributed by atoms with Gasteiger partial charge in [0, 0.05) is 18.7 Å². The molecule has 1 aliphatic carbocycles. The van der Waals surface area contributed by atoms with Crippen molar-refractivity contribution in [2.75, 3.05) is 5.32 Å². The number of fused-ring (bicyclic) bond motifs is 1. The van der Waals surface area contributed by atoms with Crippen molar-refractivity contribution < 1.29 is 0 Å². The molecule has 118 valence electrons. The topological polar surface area (TPSA) is 55.6 Å². The molecule has 0 saturated heterocycles. The summed E-state index contributed by atoms with van der Waals surface area (Å²) in [7, 11) is 2.01. The molecule has 5 heteroatoms. The summed E-state index contributed by atoms with van der Waals surface area (Å²) < 4.78 is 2.05. The SMILES string of the molecule is Cc1cccc(-c2nc3c(NC4CCCC4)ncnc3n2C)c1. The Labute approximate surface area is 135 Å². The van der Waals surface area contributed by atoms with Crippen molar-refractivity contribution in [3.8, 4) is 11.4 Å². The minimum Gasteiger partial charge on any atom is -0.365 e. The van der Waals surface area contributed by atoms with Gasteiger partial charge in [-0.2, -0.15) is 0 Å². The summed E-state index contributed by atoms with van der Waals surface area (Å²) in [6, 6.07) is 8.91. The standard InChI is InChI=1S/C18H21N5/c1-12-6-5-7-13(10-12)17-22-15-16(21-14-8-3-4-9-14)19-11-20-18(15)23(17)2/h5-7,10-11,14H,3-4,8-9H2,1-2H3,(H,19,20,21). The van der Waals surface area contributed by atoms with Crippen LogP contribution in [0.5, 0.6) is 0 Å². The van der Waals surface area contributed by atoms with Crippen molar-refractivity contribution in [1.82, 2.24) is 19.5 Å². The fraction of sp³-hybridized carbons (Fsp3) is 0.389. The third-order valence-corrected chi connectivity index (χ3v) is 4.63. The first-order valence-electron chi connectivity index (χ1n) is 8.23. The minimum absolute atomic E-state index is 0.512. The number of anilines is 1. The second-order valence-electron chi connectivity index (χ2n) is 6.38. The molecule has 2 aromatic heterocycles. The maximum absolute atomic E-state index is 4.84. The number of rotatable bonds is 3. The number of hydrogen-bond acceptors (Lipinski definition) is 4. The lowest BCUT2D eigenvalue weighted by Gasteiger charge is -2.12. The van der Waals surface area contributed by atoms with Gasteiger partial charge in [-0.25, -0.2) is 15.0 Å². The first-order valence-corrected chi connectivity index (χ1v) is 8.23. The molecule has 0 amide bonds. The Hall–Kier alpha value is -2.43. The Morgan fingerprint density at radius 3 is 2.78 bits per heavy atom. The van der Waals surface area contributed by atoms with Crippen LogP contribution >= 0.6 is 0 Å². The highest BCUT2D eigenvalue weighted by Gasteiger charge is 2.19. The molecule has 0 bridgehead atoms. The molecular weight excluding hydrogens is 286 g/mol. The van der Waals surface area contributed by atoms with Crippen LogP contribution in [0.15, 0.2) is 30.6 Å². The summed E-state index contributed by atoms with van der Waals surface area (Å²) in [6.45, 7) is 2.10. The van der Waals surface area contributed by atoms with E-state index in [1.807, 2.05) is 11.6 Å². The van der Waals surface area contributed by atoms with Crippen molar-refractivity contribution in [3.05, 3.63) is 36.2 Å². The van der Waals surface area contributed by atoms with Crippen LogP contribution in [0.1, 0.15) is 31.2 Å². The van der Waals surface area contributed by atoms with Crippen molar-refractivity contribution >= 4 is 17.0 Å². The molecule has 5 nitrogen and oxygen atoms in total. The zero-order valence-electron chi connectivity index (χ0n) is 13.6. The molecule has 0 atom stereocenters. The van der Waals surface area contributed by atoms with E-state index in [2.05, 4.69) is 46.5 Å². The quantitative estimate of drug-likeness (QED) is 0.801. The predicted octanol–water partition coefficient (Wildman–Crippen LogP) is 3.69. The molecule has 1 aromatic carbocycles. The molecule has 3 aromatic rings. The van der Waals surface area contributed by atoms with Crippen LogP contribution in [0.25, 0.3) is 22.6 Å². The largest absolute Gasteiger partial charge is 0.365 e. The Kier molecular flexibility index (Phi) is 3.48. The zero-order valence-corrected chi connectivity index (χ0v) is 13.6. The molecule has 1 aliphatic rings. The highest BCUT2D eigenvalue weighted by molar-refractivity contribution is 5.86. The van der Waals surface area contributed by atoms with Gasteiger partial charge in [-0.3, -0.25) is 0 Å². The highest BCUT2D eigenvalue weighted by Crippen LogP contribution is 2.28. The zero-order chi connectivity index (χ0) is 15.8. The summed E-state index contributed by atoms with van der Waals surface area (Å²) in [5.74, 6) is 1.79. The molecule has 4 rings (SSSR count). The highest BCUT2D eigenvalue weighted by atomic mass is 15.2. The molecule has 1 N–H and O–H groups in total. The number of aryl methyl sites for hydroxylation is 2. The molecule has 0 radical (unpaired) electrons. The van der Waals surface area contributed by atoms with Crippen molar-refractivity contribution in [2.45, 2.75) is 38.6 Å². The number of aromatic nitrogens is 4. The molecule has 0 aliphatic heterocycles. The molecule has 0 unspecified atom stereocenters. The smallest absolute Gasteiger partial charge is 0.165 e. The van der Waals surface area contributed by atoms with Gasteiger partial charge in [0.15, 0.2) is 17.0 Å². The first-order chi connectivity index (χ1) is 11.2. The summed E-state index contributed by atoms with van der Waals surface area (Å²) >= 11 is 0. The van der Waals surface area contributed by atoms with E-state index in [4.69, 9.17) is 4.98 Å². The molecule has 0 spiro atoms. The van der Waals surface area contributed by atoms with E-state index in [1.54, 1.807) is 6.33 Å². The van der Waals surface area contributed by atoms with Crippen molar-refractivity contribution in [2.24, 2.45) is 7.05 Å². The van der Waals surface area contributed by atoms with E-state index in [0.29, 0.717) is 6.04 Å². The second kappa shape index (κ2) is 5.65. The van der Waals surface area contributed by atoms with E-state index >= 15 is 0 Å². The van der Waals surface area contributed by atoms with Gasteiger partial charge in [-0.1, -0.05) is 36.6 Å². The Morgan fingerprint density at radius 2 is 2.00 bits per heavy atom. The van der Waals surface area contributed by atoms with Gasteiger partial charge in [-0.15, -0.1) is 0 Å². The van der Waals surface area contributed by atoms with E-state index < -0.39 is 0 Å². The molecule has 1 fully saturated rings.